The first kappa shape index (κ1) is 30.8. The lowest BCUT2D eigenvalue weighted by Gasteiger charge is -2.21. The second-order valence-corrected chi connectivity index (χ2v) is 11.4. The van der Waals surface area contributed by atoms with Crippen LogP contribution in [-0.2, 0) is 4.79 Å². The molecule has 1 aliphatic rings. The maximum Gasteiger partial charge on any atom is 0.573 e. The summed E-state index contributed by atoms with van der Waals surface area (Å²) in [6.07, 6.45) is -3.29. The van der Waals surface area contributed by atoms with Gasteiger partial charge in [0.2, 0.25) is 5.91 Å². The minimum atomic E-state index is -4.76. The lowest BCUT2D eigenvalue weighted by Crippen LogP contribution is -2.33. The fraction of sp³-hybridized carbons (Fsp3) is 0.258. The van der Waals surface area contributed by atoms with Crippen LogP contribution in [0.2, 0.25) is 0 Å². The Labute approximate surface area is 256 Å². The van der Waals surface area contributed by atoms with Crippen molar-refractivity contribution in [2.75, 3.05) is 17.2 Å². The van der Waals surface area contributed by atoms with Crippen molar-refractivity contribution >= 4 is 34.6 Å². The summed E-state index contributed by atoms with van der Waals surface area (Å²) in [4.78, 5) is 35.5. The van der Waals surface area contributed by atoms with Gasteiger partial charge in [0.25, 0.3) is 0 Å². The molecular weight excluding hydrogens is 593 g/mol. The van der Waals surface area contributed by atoms with E-state index in [-0.39, 0.29) is 23.3 Å². The van der Waals surface area contributed by atoms with E-state index in [1.54, 1.807) is 0 Å². The minimum absolute atomic E-state index is 0.0355. The summed E-state index contributed by atoms with van der Waals surface area (Å²) in [6.45, 7) is 8.18. The van der Waals surface area contributed by atoms with Crippen LogP contribution in [0.4, 0.5) is 23.7 Å². The number of anilines is 1. The van der Waals surface area contributed by atoms with Crippen molar-refractivity contribution in [1.29, 1.82) is 0 Å². The minimum Gasteiger partial charge on any atom is -0.406 e. The number of nitrogens with zero attached hydrogens (tertiary/aromatic N) is 5. The van der Waals surface area contributed by atoms with E-state index < -0.39 is 12.4 Å². The molecule has 0 radical (unpaired) electrons. The molecule has 0 spiro atoms. The Bertz CT molecular complexity index is 1700. The predicted octanol–water partition coefficient (Wildman–Crippen LogP) is 6.71. The highest BCUT2D eigenvalue weighted by molar-refractivity contribution is 8.15. The van der Waals surface area contributed by atoms with E-state index in [0.29, 0.717) is 23.2 Å². The number of hydrogen-bond donors (Lipinski definition) is 1. The molecule has 228 valence electrons. The molecule has 3 aromatic carbocycles. The number of aryl methyl sites for hydroxylation is 3. The quantitative estimate of drug-likeness (QED) is 0.246. The zero-order valence-electron chi connectivity index (χ0n) is 24.3. The first-order valence-corrected chi connectivity index (χ1v) is 14.6. The summed E-state index contributed by atoms with van der Waals surface area (Å²) in [7, 11) is 0. The van der Waals surface area contributed by atoms with Crippen molar-refractivity contribution in [1.82, 2.24) is 20.1 Å². The standard InChI is InChI=1S/C31H29F3N6O3S/c1-18-13-19(2)27(20(3)14-18)40-26(41)16-44-30(40)37-29(42)35-15-21(4)22-5-7-23(8-6-22)28-36-17-39(38-28)24-9-11-25(12-10-24)43-31(32,33)34/h5-14,17,21H,15-16H2,1-4H3,(H,35,42)/b37-30-. The molecule has 0 saturated carbocycles. The van der Waals surface area contributed by atoms with Gasteiger partial charge in [-0.2, -0.15) is 4.99 Å². The number of aliphatic imine (C=N–C) groups is 1. The fourth-order valence-electron chi connectivity index (χ4n) is 4.96. The van der Waals surface area contributed by atoms with E-state index in [1.807, 2.05) is 64.1 Å². The van der Waals surface area contributed by atoms with Gasteiger partial charge in [0.05, 0.1) is 17.1 Å². The van der Waals surface area contributed by atoms with Gasteiger partial charge in [-0.05, 0) is 67.6 Å². The lowest BCUT2D eigenvalue weighted by molar-refractivity contribution is -0.274. The highest BCUT2D eigenvalue weighted by Gasteiger charge is 2.33. The largest absolute Gasteiger partial charge is 0.573 e. The zero-order valence-corrected chi connectivity index (χ0v) is 25.2. The second kappa shape index (κ2) is 12.5. The smallest absolute Gasteiger partial charge is 0.406 e. The molecule has 44 heavy (non-hydrogen) atoms. The Balaban J connectivity index is 1.20. The fourth-order valence-corrected chi connectivity index (χ4v) is 5.81. The molecule has 9 nitrogen and oxygen atoms in total. The maximum atomic E-state index is 12.8. The molecule has 13 heteroatoms. The van der Waals surface area contributed by atoms with Crippen LogP contribution in [0.1, 0.15) is 35.1 Å². The Morgan fingerprint density at radius 2 is 1.73 bits per heavy atom. The van der Waals surface area contributed by atoms with E-state index in [4.69, 9.17) is 0 Å². The molecule has 4 aromatic rings. The normalized spacial score (nSPS) is 15.1. The van der Waals surface area contributed by atoms with E-state index in [2.05, 4.69) is 25.1 Å². The summed E-state index contributed by atoms with van der Waals surface area (Å²) in [5.74, 6) is 0.190. The van der Waals surface area contributed by atoms with Crippen molar-refractivity contribution in [3.63, 3.8) is 0 Å². The monoisotopic (exact) mass is 622 g/mol. The van der Waals surface area contributed by atoms with Crippen LogP contribution in [0, 0.1) is 20.8 Å². The van der Waals surface area contributed by atoms with Crippen LogP contribution in [0.3, 0.4) is 0 Å². The molecule has 1 N–H and O–H groups in total. The van der Waals surface area contributed by atoms with Gasteiger partial charge in [-0.25, -0.2) is 14.5 Å². The first-order chi connectivity index (χ1) is 20.9. The van der Waals surface area contributed by atoms with Crippen molar-refractivity contribution < 1.29 is 27.5 Å². The molecule has 1 atom stereocenters. The number of carbonyl (C=O) groups excluding carboxylic acids is 2. The second-order valence-electron chi connectivity index (χ2n) is 10.4. The Morgan fingerprint density at radius 1 is 1.07 bits per heavy atom. The van der Waals surface area contributed by atoms with Gasteiger partial charge in [0, 0.05) is 12.1 Å². The van der Waals surface area contributed by atoms with Gasteiger partial charge in [-0.1, -0.05) is 60.6 Å². The summed E-state index contributed by atoms with van der Waals surface area (Å²) in [5, 5.41) is 7.63. The number of hydrogen-bond acceptors (Lipinski definition) is 6. The van der Waals surface area contributed by atoms with E-state index >= 15 is 0 Å². The third-order valence-electron chi connectivity index (χ3n) is 6.95. The Morgan fingerprint density at radius 3 is 2.36 bits per heavy atom. The molecule has 1 aromatic heterocycles. The Kier molecular flexibility index (Phi) is 8.77. The van der Waals surface area contributed by atoms with Gasteiger partial charge >= 0.3 is 12.4 Å². The number of thioether (sulfide) groups is 1. The molecule has 1 fully saturated rings. The molecule has 1 aliphatic heterocycles. The van der Waals surface area contributed by atoms with Gasteiger partial charge in [0.15, 0.2) is 11.0 Å². The highest BCUT2D eigenvalue weighted by atomic mass is 32.2. The summed E-state index contributed by atoms with van der Waals surface area (Å²) in [5.41, 5.74) is 5.99. The van der Waals surface area contributed by atoms with Crippen LogP contribution in [0.5, 0.6) is 5.75 Å². The molecule has 3 amide bonds. The molecule has 2 heterocycles. The SMILES string of the molecule is Cc1cc(C)c(N2C(=O)CS/C2=N\C(=O)NCC(C)c2ccc(-c3ncn(-c4ccc(OC(F)(F)F)cc4)n3)cc2)c(C)c1. The maximum absolute atomic E-state index is 12.8. The van der Waals surface area contributed by atoms with Gasteiger partial charge in [-0.3, -0.25) is 9.69 Å². The number of halogens is 3. The third-order valence-corrected chi connectivity index (χ3v) is 7.87. The molecule has 1 unspecified atom stereocenters. The predicted molar refractivity (Wildman–Crippen MR) is 163 cm³/mol. The van der Waals surface area contributed by atoms with Crippen molar-refractivity contribution in [3.8, 4) is 22.8 Å². The lowest BCUT2D eigenvalue weighted by atomic mass is 10.00. The van der Waals surface area contributed by atoms with Crippen molar-refractivity contribution in [3.05, 3.63) is 89.2 Å². The van der Waals surface area contributed by atoms with Crippen LogP contribution >= 0.6 is 11.8 Å². The average molecular weight is 623 g/mol. The van der Waals surface area contributed by atoms with Gasteiger partial charge in [0.1, 0.15) is 12.1 Å². The molecule has 5 rings (SSSR count). The van der Waals surface area contributed by atoms with Gasteiger partial charge < -0.3 is 10.1 Å². The molecule has 0 aliphatic carbocycles. The van der Waals surface area contributed by atoms with Gasteiger partial charge in [-0.15, -0.1) is 18.3 Å². The summed E-state index contributed by atoms with van der Waals surface area (Å²) < 4.78 is 42.6. The molecule has 1 saturated heterocycles. The number of ether oxygens (including phenoxy) is 1. The van der Waals surface area contributed by atoms with Crippen LogP contribution in [-0.4, -0.2) is 50.5 Å². The number of nitrogens with one attached hydrogen (secondary N) is 1. The van der Waals surface area contributed by atoms with E-state index in [9.17, 15) is 22.8 Å². The Hall–Kier alpha value is -4.65. The summed E-state index contributed by atoms with van der Waals surface area (Å²) >= 11 is 1.24. The zero-order chi connectivity index (χ0) is 31.6. The number of aromatic nitrogens is 3. The average Bonchev–Trinajstić information content (AvgIpc) is 3.59. The number of amides is 3. The van der Waals surface area contributed by atoms with Crippen LogP contribution in [0.25, 0.3) is 17.1 Å². The number of urea groups is 1. The number of rotatable bonds is 7. The van der Waals surface area contributed by atoms with Crippen LogP contribution in [0.15, 0.2) is 72.0 Å². The number of carbonyl (C=O) groups is 2. The molecular formula is C31H29F3N6O3S. The molecule has 0 bridgehead atoms. The van der Waals surface area contributed by atoms with E-state index in [1.165, 1.54) is 51.9 Å². The number of amidine groups is 1. The van der Waals surface area contributed by atoms with E-state index in [0.717, 1.165) is 33.5 Å². The number of alkyl halides is 3. The third kappa shape index (κ3) is 7.10. The number of benzene rings is 3. The summed E-state index contributed by atoms with van der Waals surface area (Å²) in [6, 6.07) is 16.4. The van der Waals surface area contributed by atoms with Crippen molar-refractivity contribution in [2.45, 2.75) is 40.0 Å². The first-order valence-electron chi connectivity index (χ1n) is 13.7. The van der Waals surface area contributed by atoms with Crippen LogP contribution < -0.4 is 15.0 Å². The highest BCUT2D eigenvalue weighted by Crippen LogP contribution is 2.33. The topological polar surface area (TPSA) is 102 Å². The van der Waals surface area contributed by atoms with Crippen molar-refractivity contribution in [2.24, 2.45) is 4.99 Å².